The van der Waals surface area contributed by atoms with Gasteiger partial charge in [-0.3, -0.25) is 9.78 Å². The van der Waals surface area contributed by atoms with E-state index in [1.165, 1.54) is 11.3 Å². The van der Waals surface area contributed by atoms with Gasteiger partial charge in [0.15, 0.2) is 0 Å². The second kappa shape index (κ2) is 6.66. The van der Waals surface area contributed by atoms with Crippen molar-refractivity contribution in [1.29, 1.82) is 0 Å². The number of anilines is 2. The number of nitrogens with one attached hydrogen (secondary N) is 1. The number of aromatic nitrogens is 1. The molecule has 2 heterocycles. The SMILES string of the molecule is Bc1ccccc1CC(=O)Nc1sc(-c2ccncc2)cc1N. The lowest BCUT2D eigenvalue weighted by Gasteiger charge is -2.06. The number of nitrogens with two attached hydrogens (primary N) is 1. The quantitative estimate of drug-likeness (QED) is 0.721. The maximum absolute atomic E-state index is 12.3. The average molecular weight is 321 g/mol. The van der Waals surface area contributed by atoms with Crippen molar-refractivity contribution in [2.75, 3.05) is 11.1 Å². The molecule has 1 amide bonds. The van der Waals surface area contributed by atoms with E-state index in [9.17, 15) is 4.79 Å². The molecule has 0 saturated carbocycles. The minimum atomic E-state index is -0.0610. The lowest BCUT2D eigenvalue weighted by atomic mass is 9.89. The van der Waals surface area contributed by atoms with Gasteiger partial charge in [0.2, 0.25) is 5.91 Å². The third-order valence-electron chi connectivity index (χ3n) is 3.59. The van der Waals surface area contributed by atoms with Gasteiger partial charge < -0.3 is 11.1 Å². The minimum absolute atomic E-state index is 0.0610. The number of thiophene rings is 1. The van der Waals surface area contributed by atoms with Gasteiger partial charge in [0, 0.05) is 17.3 Å². The molecule has 0 radical (unpaired) electrons. The second-order valence-electron chi connectivity index (χ2n) is 5.28. The van der Waals surface area contributed by atoms with Crippen LogP contribution >= 0.6 is 11.3 Å². The summed E-state index contributed by atoms with van der Waals surface area (Å²) < 4.78 is 0. The highest BCUT2D eigenvalue weighted by Crippen LogP contribution is 2.36. The third kappa shape index (κ3) is 3.60. The molecule has 6 heteroatoms. The summed E-state index contributed by atoms with van der Waals surface area (Å²) in [4.78, 5) is 17.3. The molecule has 1 aromatic carbocycles. The summed E-state index contributed by atoms with van der Waals surface area (Å²) in [6.45, 7) is 0. The number of amides is 1. The van der Waals surface area contributed by atoms with Crippen molar-refractivity contribution in [1.82, 2.24) is 4.98 Å². The minimum Gasteiger partial charge on any atom is -0.396 e. The maximum atomic E-state index is 12.3. The molecule has 0 aliphatic carbocycles. The first-order chi connectivity index (χ1) is 11.1. The van der Waals surface area contributed by atoms with Gasteiger partial charge in [-0.25, -0.2) is 0 Å². The molecule has 0 aliphatic heterocycles. The van der Waals surface area contributed by atoms with Crippen molar-refractivity contribution in [3.05, 3.63) is 60.4 Å². The van der Waals surface area contributed by atoms with Crippen LogP contribution in [0.4, 0.5) is 10.7 Å². The first-order valence-corrected chi connectivity index (χ1v) is 8.09. The summed E-state index contributed by atoms with van der Waals surface area (Å²) in [6, 6.07) is 13.6. The van der Waals surface area contributed by atoms with Gasteiger partial charge in [-0.05, 0) is 29.3 Å². The maximum Gasteiger partial charge on any atom is 0.229 e. The first kappa shape index (κ1) is 15.3. The number of nitrogen functional groups attached to an aromatic ring is 1. The molecule has 0 unspecified atom stereocenters. The lowest BCUT2D eigenvalue weighted by Crippen LogP contribution is -2.19. The Balaban J connectivity index is 1.74. The van der Waals surface area contributed by atoms with Gasteiger partial charge >= 0.3 is 0 Å². The molecule has 3 N–H and O–H groups in total. The van der Waals surface area contributed by atoms with E-state index in [0.29, 0.717) is 17.1 Å². The molecular weight excluding hydrogens is 305 g/mol. The van der Waals surface area contributed by atoms with Crippen molar-refractivity contribution >= 4 is 41.2 Å². The van der Waals surface area contributed by atoms with Gasteiger partial charge in [-0.1, -0.05) is 29.7 Å². The Morgan fingerprint density at radius 2 is 1.96 bits per heavy atom. The molecule has 0 fully saturated rings. The van der Waals surface area contributed by atoms with Gasteiger partial charge in [0.05, 0.1) is 12.1 Å². The van der Waals surface area contributed by atoms with Crippen molar-refractivity contribution in [2.45, 2.75) is 6.42 Å². The van der Waals surface area contributed by atoms with Crippen LogP contribution in [-0.2, 0) is 11.2 Å². The van der Waals surface area contributed by atoms with Crippen LogP contribution in [0.25, 0.3) is 10.4 Å². The van der Waals surface area contributed by atoms with E-state index in [-0.39, 0.29) is 5.91 Å². The van der Waals surface area contributed by atoms with Crippen LogP contribution in [0.5, 0.6) is 0 Å². The Morgan fingerprint density at radius 3 is 2.70 bits per heavy atom. The average Bonchev–Trinajstić information content (AvgIpc) is 2.91. The number of carbonyl (C=O) groups excluding carboxylic acids is 1. The van der Waals surface area contributed by atoms with E-state index in [1.54, 1.807) is 12.4 Å². The van der Waals surface area contributed by atoms with Gasteiger partial charge in [-0.2, -0.15) is 0 Å². The largest absolute Gasteiger partial charge is 0.396 e. The van der Waals surface area contributed by atoms with Crippen molar-refractivity contribution in [2.24, 2.45) is 0 Å². The highest BCUT2D eigenvalue weighted by Gasteiger charge is 2.12. The Bertz CT molecular complexity index is 833. The molecule has 2 aromatic heterocycles. The molecule has 3 aromatic rings. The Kier molecular flexibility index (Phi) is 4.44. The predicted octanol–water partition coefficient (Wildman–Crippen LogP) is 1.83. The van der Waals surface area contributed by atoms with E-state index >= 15 is 0 Å². The normalized spacial score (nSPS) is 10.4. The highest BCUT2D eigenvalue weighted by atomic mass is 32.1. The topological polar surface area (TPSA) is 68.0 Å². The fourth-order valence-corrected chi connectivity index (χ4v) is 3.31. The second-order valence-corrected chi connectivity index (χ2v) is 6.33. The van der Waals surface area contributed by atoms with E-state index < -0.39 is 0 Å². The number of nitrogens with zero attached hydrogens (tertiary/aromatic N) is 1. The molecule has 0 saturated heterocycles. The Hall–Kier alpha value is -2.60. The van der Waals surface area contributed by atoms with Crippen LogP contribution in [0.3, 0.4) is 0 Å². The highest BCUT2D eigenvalue weighted by molar-refractivity contribution is 7.20. The monoisotopic (exact) mass is 321 g/mol. The van der Waals surface area contributed by atoms with E-state index in [0.717, 1.165) is 21.5 Å². The summed E-state index contributed by atoms with van der Waals surface area (Å²) in [5, 5.41) is 3.61. The van der Waals surface area contributed by atoms with Crippen LogP contribution in [-0.4, -0.2) is 18.7 Å². The number of hydrogen-bond donors (Lipinski definition) is 2. The summed E-state index contributed by atoms with van der Waals surface area (Å²) in [6.07, 6.45) is 3.82. The predicted molar refractivity (Wildman–Crippen MR) is 98.9 cm³/mol. The summed E-state index contributed by atoms with van der Waals surface area (Å²) >= 11 is 1.47. The molecule has 0 aliphatic rings. The summed E-state index contributed by atoms with van der Waals surface area (Å²) in [5.41, 5.74) is 9.78. The van der Waals surface area contributed by atoms with Crippen molar-refractivity contribution in [3.63, 3.8) is 0 Å². The molecule has 4 nitrogen and oxygen atoms in total. The lowest BCUT2D eigenvalue weighted by molar-refractivity contribution is -0.115. The Labute approximate surface area is 139 Å². The van der Waals surface area contributed by atoms with E-state index in [4.69, 9.17) is 5.73 Å². The molecule has 23 heavy (non-hydrogen) atoms. The number of pyridine rings is 1. The number of hydrogen-bond acceptors (Lipinski definition) is 4. The van der Waals surface area contributed by atoms with Crippen LogP contribution in [0, 0.1) is 0 Å². The van der Waals surface area contributed by atoms with Crippen LogP contribution in [0.15, 0.2) is 54.9 Å². The molecule has 0 bridgehead atoms. The van der Waals surface area contributed by atoms with Gasteiger partial charge in [-0.15, -0.1) is 11.3 Å². The smallest absolute Gasteiger partial charge is 0.229 e. The summed E-state index contributed by atoms with van der Waals surface area (Å²) in [7, 11) is 2.00. The fraction of sp³-hybridized carbons (Fsp3) is 0.0588. The zero-order valence-corrected chi connectivity index (χ0v) is 13.6. The standard InChI is InChI=1S/C17H16BN3OS/c18-13-4-2-1-3-12(13)9-16(22)21-17-14(19)10-15(23-17)11-5-7-20-8-6-11/h1-8,10H,9,18-19H2,(H,21,22). The van der Waals surface area contributed by atoms with Crippen LogP contribution in [0.2, 0.25) is 0 Å². The summed E-state index contributed by atoms with van der Waals surface area (Å²) in [5.74, 6) is -0.0610. The van der Waals surface area contributed by atoms with Gasteiger partial charge in [0.25, 0.3) is 0 Å². The molecule has 114 valence electrons. The number of benzene rings is 1. The van der Waals surface area contributed by atoms with Crippen LogP contribution in [0.1, 0.15) is 5.56 Å². The zero-order chi connectivity index (χ0) is 16.2. The Morgan fingerprint density at radius 1 is 1.22 bits per heavy atom. The number of carbonyl (C=O) groups is 1. The molecule has 0 spiro atoms. The zero-order valence-electron chi connectivity index (χ0n) is 12.7. The van der Waals surface area contributed by atoms with E-state index in [1.807, 2.05) is 50.3 Å². The molecular formula is C17H16BN3OS. The number of rotatable bonds is 4. The van der Waals surface area contributed by atoms with Crippen molar-refractivity contribution < 1.29 is 4.79 Å². The fourth-order valence-electron chi connectivity index (χ4n) is 2.31. The third-order valence-corrected chi connectivity index (χ3v) is 4.71. The van der Waals surface area contributed by atoms with Crippen LogP contribution < -0.4 is 16.5 Å². The van der Waals surface area contributed by atoms with E-state index in [2.05, 4.69) is 10.3 Å². The van der Waals surface area contributed by atoms with Gasteiger partial charge in [0.1, 0.15) is 12.8 Å². The molecule has 0 atom stereocenters. The van der Waals surface area contributed by atoms with Crippen molar-refractivity contribution in [3.8, 4) is 10.4 Å². The molecule has 3 rings (SSSR count). The first-order valence-electron chi connectivity index (χ1n) is 7.27.